The number of rotatable bonds is 5. The molecule has 1 aromatic heterocycles. The van der Waals surface area contributed by atoms with Crippen LogP contribution >= 0.6 is 0 Å². The van der Waals surface area contributed by atoms with Gasteiger partial charge in [0.15, 0.2) is 0 Å². The summed E-state index contributed by atoms with van der Waals surface area (Å²) in [5.41, 5.74) is 1.52. The van der Waals surface area contributed by atoms with Gasteiger partial charge in [0.05, 0.1) is 24.1 Å². The lowest BCUT2D eigenvalue weighted by Gasteiger charge is -2.41. The van der Waals surface area contributed by atoms with Crippen LogP contribution in [0.15, 0.2) is 18.9 Å². The number of hydrogen-bond acceptors (Lipinski definition) is 3. The van der Waals surface area contributed by atoms with Crippen molar-refractivity contribution in [2.75, 3.05) is 19.7 Å². The smallest absolute Gasteiger partial charge is 0.257 e. The van der Waals surface area contributed by atoms with Crippen LogP contribution in [0.3, 0.4) is 0 Å². The van der Waals surface area contributed by atoms with E-state index >= 15 is 0 Å². The molecule has 2 N–H and O–H groups in total. The molecule has 0 unspecified atom stereocenters. The highest BCUT2D eigenvalue weighted by Gasteiger charge is 2.37. The number of amides is 1. The lowest BCUT2D eigenvalue weighted by atomic mass is 9.77. The first-order valence-electron chi connectivity index (χ1n) is 9.23. The first-order valence-corrected chi connectivity index (χ1v) is 9.23. The van der Waals surface area contributed by atoms with E-state index in [1.54, 1.807) is 6.20 Å². The maximum Gasteiger partial charge on any atom is 0.257 e. The number of allylic oxidation sites excluding steroid dienone is 1. The normalized spacial score (nSPS) is 25.6. The largest absolute Gasteiger partial charge is 0.396 e. The van der Waals surface area contributed by atoms with E-state index in [0.29, 0.717) is 12.5 Å². The number of carbonyl (C=O) groups excluding carboxylic acids is 1. The van der Waals surface area contributed by atoms with Crippen LogP contribution in [0.5, 0.6) is 0 Å². The molecular weight excluding hydrogens is 302 g/mol. The summed E-state index contributed by atoms with van der Waals surface area (Å²) in [6, 6.07) is 0. The first kappa shape index (κ1) is 17.2. The highest BCUT2D eigenvalue weighted by atomic mass is 16.3. The number of carbonyl (C=O) groups is 1. The van der Waals surface area contributed by atoms with Crippen LogP contribution in [-0.2, 0) is 0 Å². The van der Waals surface area contributed by atoms with Crippen LogP contribution < -0.4 is 0 Å². The number of nitrogens with one attached hydrogen (secondary N) is 1. The molecule has 1 aromatic rings. The molecule has 3 rings (SSSR count). The monoisotopic (exact) mass is 331 g/mol. The predicted molar refractivity (Wildman–Crippen MR) is 93.9 cm³/mol. The van der Waals surface area contributed by atoms with Crippen molar-refractivity contribution in [3.8, 4) is 0 Å². The van der Waals surface area contributed by atoms with Crippen LogP contribution in [0.4, 0.5) is 0 Å². The van der Waals surface area contributed by atoms with Gasteiger partial charge in [0.1, 0.15) is 0 Å². The van der Waals surface area contributed by atoms with Crippen molar-refractivity contribution in [3.63, 3.8) is 0 Å². The maximum absolute atomic E-state index is 13.1. The number of aromatic nitrogens is 2. The van der Waals surface area contributed by atoms with Gasteiger partial charge in [-0.3, -0.25) is 9.89 Å². The molecule has 24 heavy (non-hydrogen) atoms. The SMILES string of the molecule is C=CC[C@]1(CO)CCCN(C(=O)c2cn[nH]c2C2CCCCC2)C1. The zero-order chi connectivity index (χ0) is 17.0. The quantitative estimate of drug-likeness (QED) is 0.814. The molecule has 0 bridgehead atoms. The average molecular weight is 331 g/mol. The number of nitrogens with zero attached hydrogens (tertiary/aromatic N) is 2. The van der Waals surface area contributed by atoms with Crippen LogP contribution in [0, 0.1) is 5.41 Å². The molecule has 5 nitrogen and oxygen atoms in total. The lowest BCUT2D eigenvalue weighted by Crippen LogP contribution is -2.47. The fourth-order valence-electron chi connectivity index (χ4n) is 4.39. The van der Waals surface area contributed by atoms with E-state index < -0.39 is 0 Å². The van der Waals surface area contributed by atoms with E-state index in [4.69, 9.17) is 0 Å². The molecule has 0 radical (unpaired) electrons. The molecule has 2 fully saturated rings. The molecule has 2 heterocycles. The zero-order valence-electron chi connectivity index (χ0n) is 14.5. The van der Waals surface area contributed by atoms with Crippen LogP contribution in [0.25, 0.3) is 0 Å². The summed E-state index contributed by atoms with van der Waals surface area (Å²) in [5.74, 6) is 0.492. The molecule has 0 spiro atoms. The van der Waals surface area contributed by atoms with Gasteiger partial charge in [-0.2, -0.15) is 5.10 Å². The van der Waals surface area contributed by atoms with Crippen molar-refractivity contribution >= 4 is 5.91 Å². The van der Waals surface area contributed by atoms with Crippen molar-refractivity contribution in [1.82, 2.24) is 15.1 Å². The van der Waals surface area contributed by atoms with E-state index in [0.717, 1.165) is 49.9 Å². The molecule has 1 amide bonds. The van der Waals surface area contributed by atoms with Crippen molar-refractivity contribution < 1.29 is 9.90 Å². The minimum absolute atomic E-state index is 0.0610. The van der Waals surface area contributed by atoms with Gasteiger partial charge in [-0.05, 0) is 32.1 Å². The highest BCUT2D eigenvalue weighted by molar-refractivity contribution is 5.95. The summed E-state index contributed by atoms with van der Waals surface area (Å²) in [4.78, 5) is 15.0. The second kappa shape index (κ2) is 7.51. The Balaban J connectivity index is 1.77. The van der Waals surface area contributed by atoms with Crippen molar-refractivity contribution in [2.24, 2.45) is 5.41 Å². The first-order chi connectivity index (χ1) is 11.7. The van der Waals surface area contributed by atoms with E-state index in [-0.39, 0.29) is 17.9 Å². The molecule has 1 aliphatic heterocycles. The Kier molecular flexibility index (Phi) is 5.39. The van der Waals surface area contributed by atoms with Gasteiger partial charge >= 0.3 is 0 Å². The van der Waals surface area contributed by atoms with E-state index in [2.05, 4.69) is 16.8 Å². The standard InChI is InChI=1S/C19H29N3O2/c1-2-9-19(14-23)10-6-11-22(13-19)18(24)16-12-20-21-17(16)15-7-4-3-5-8-15/h2,12,15,23H,1,3-11,13-14H2,(H,20,21)/t19-/m0/s1. The van der Waals surface area contributed by atoms with Crippen molar-refractivity contribution in [1.29, 1.82) is 0 Å². The second-order valence-electron chi connectivity index (χ2n) is 7.51. The summed E-state index contributed by atoms with van der Waals surface area (Å²) in [6.45, 7) is 5.27. The average Bonchev–Trinajstić information content (AvgIpc) is 3.12. The van der Waals surface area contributed by atoms with Gasteiger partial charge in [-0.15, -0.1) is 6.58 Å². The number of hydrogen-bond donors (Lipinski definition) is 2. The Bertz CT molecular complexity index is 577. The molecule has 0 aromatic carbocycles. The Hall–Kier alpha value is -1.62. The van der Waals surface area contributed by atoms with Crippen LogP contribution in [0.2, 0.25) is 0 Å². The number of aromatic amines is 1. The maximum atomic E-state index is 13.1. The van der Waals surface area contributed by atoms with E-state index in [9.17, 15) is 9.90 Å². The number of piperidine rings is 1. The minimum atomic E-state index is -0.232. The highest BCUT2D eigenvalue weighted by Crippen LogP contribution is 2.36. The Morgan fingerprint density at radius 2 is 2.21 bits per heavy atom. The van der Waals surface area contributed by atoms with Crippen LogP contribution in [0.1, 0.15) is 73.3 Å². The van der Waals surface area contributed by atoms with E-state index in [1.165, 1.54) is 19.3 Å². The molecule has 1 saturated carbocycles. The van der Waals surface area contributed by atoms with Gasteiger partial charge in [0.25, 0.3) is 5.91 Å². The number of aliphatic hydroxyl groups is 1. The molecule has 2 aliphatic rings. The molecule has 1 saturated heterocycles. The summed E-state index contributed by atoms with van der Waals surface area (Å²) in [7, 11) is 0. The number of likely N-dealkylation sites (tertiary alicyclic amines) is 1. The van der Waals surface area contributed by atoms with Gasteiger partial charge in [-0.1, -0.05) is 25.3 Å². The molecule has 132 valence electrons. The Labute approximate surface area is 144 Å². The summed E-state index contributed by atoms with van der Waals surface area (Å²) in [6.07, 6.45) is 12.2. The Morgan fingerprint density at radius 1 is 1.42 bits per heavy atom. The molecule has 5 heteroatoms. The van der Waals surface area contributed by atoms with Gasteiger partial charge in [-0.25, -0.2) is 0 Å². The molecule has 1 atom stereocenters. The third-order valence-corrected chi connectivity index (χ3v) is 5.77. The Morgan fingerprint density at radius 3 is 2.92 bits per heavy atom. The van der Waals surface area contributed by atoms with Crippen LogP contribution in [-0.4, -0.2) is 45.8 Å². The van der Waals surface area contributed by atoms with Gasteiger partial charge < -0.3 is 10.0 Å². The third-order valence-electron chi connectivity index (χ3n) is 5.77. The third kappa shape index (κ3) is 3.41. The van der Waals surface area contributed by atoms with E-state index in [1.807, 2.05) is 11.0 Å². The molecular formula is C19H29N3O2. The second-order valence-corrected chi connectivity index (χ2v) is 7.51. The van der Waals surface area contributed by atoms with Gasteiger partial charge in [0.2, 0.25) is 0 Å². The molecule has 1 aliphatic carbocycles. The summed E-state index contributed by atoms with van der Waals surface area (Å²) < 4.78 is 0. The van der Waals surface area contributed by atoms with Crippen molar-refractivity contribution in [3.05, 3.63) is 30.1 Å². The van der Waals surface area contributed by atoms with Gasteiger partial charge in [0, 0.05) is 24.4 Å². The number of H-pyrrole nitrogens is 1. The fraction of sp³-hybridized carbons (Fsp3) is 0.684. The summed E-state index contributed by atoms with van der Waals surface area (Å²) >= 11 is 0. The fourth-order valence-corrected chi connectivity index (χ4v) is 4.39. The summed E-state index contributed by atoms with van der Waals surface area (Å²) in [5, 5.41) is 17.1. The zero-order valence-corrected chi connectivity index (χ0v) is 14.5. The lowest BCUT2D eigenvalue weighted by molar-refractivity contribution is 0.0284. The van der Waals surface area contributed by atoms with Crippen molar-refractivity contribution in [2.45, 2.75) is 57.3 Å². The number of aliphatic hydroxyl groups excluding tert-OH is 1. The topological polar surface area (TPSA) is 69.2 Å². The minimum Gasteiger partial charge on any atom is -0.396 e. The predicted octanol–water partition coefficient (Wildman–Crippen LogP) is 3.25.